The van der Waals surface area contributed by atoms with E-state index in [1.54, 1.807) is 6.42 Å². The minimum absolute atomic E-state index is 0.562. The lowest BCUT2D eigenvalue weighted by Gasteiger charge is -2.65. The Balaban J connectivity index is 1.43. The maximum absolute atomic E-state index is 3.95. The first-order valence-corrected chi connectivity index (χ1v) is 15.4. The van der Waals surface area contributed by atoms with E-state index in [0.717, 1.165) is 41.5 Å². The Morgan fingerprint density at radius 1 is 0.818 bits per heavy atom. The molecule has 1 N–H and O–H groups in total. The Morgan fingerprint density at radius 2 is 1.61 bits per heavy atom. The minimum Gasteiger partial charge on any atom is -0.314 e. The molecule has 0 aromatic heterocycles. The summed E-state index contributed by atoms with van der Waals surface area (Å²) in [6, 6.07) is 0.780. The molecule has 0 amide bonds. The third-order valence-electron chi connectivity index (χ3n) is 12.5. The molecule has 0 aromatic rings. The van der Waals surface area contributed by atoms with Gasteiger partial charge in [0.25, 0.3) is 0 Å². The first-order valence-electron chi connectivity index (χ1n) is 15.4. The molecule has 0 aromatic carbocycles. The van der Waals surface area contributed by atoms with Crippen LogP contribution in [0.15, 0.2) is 0 Å². The summed E-state index contributed by atoms with van der Waals surface area (Å²) >= 11 is 0. The van der Waals surface area contributed by atoms with Crippen LogP contribution in [0.4, 0.5) is 0 Å². The molecule has 192 valence electrons. The summed E-state index contributed by atoms with van der Waals surface area (Å²) in [7, 11) is 0. The van der Waals surface area contributed by atoms with E-state index in [2.05, 4.69) is 53.8 Å². The molecular weight excluding hydrogens is 398 g/mol. The van der Waals surface area contributed by atoms with E-state index >= 15 is 0 Å². The van der Waals surface area contributed by atoms with Crippen LogP contribution in [-0.2, 0) is 0 Å². The minimum atomic E-state index is 0.562. The van der Waals surface area contributed by atoms with Crippen molar-refractivity contribution in [2.45, 2.75) is 144 Å². The third kappa shape index (κ3) is 4.72. The molecular formula is C32H59N. The fraction of sp³-hybridized carbons (Fsp3) is 1.00. The molecule has 0 heterocycles. The topological polar surface area (TPSA) is 12.0 Å². The Kier molecular flexibility index (Phi) is 8.00. The lowest BCUT2D eigenvalue weighted by molar-refractivity contribution is -0.158. The monoisotopic (exact) mass is 457 g/mol. The summed E-state index contributed by atoms with van der Waals surface area (Å²) in [6.45, 7) is 19.2. The molecule has 4 fully saturated rings. The Bertz CT molecular complexity index is 640. The van der Waals surface area contributed by atoms with Gasteiger partial charge in [0.05, 0.1) is 0 Å². The molecule has 0 bridgehead atoms. The lowest BCUT2D eigenvalue weighted by atomic mass is 9.40. The average Bonchev–Trinajstić information content (AvgIpc) is 3.11. The van der Waals surface area contributed by atoms with Crippen molar-refractivity contribution < 1.29 is 0 Å². The fourth-order valence-corrected chi connectivity index (χ4v) is 10.3. The summed E-state index contributed by atoms with van der Waals surface area (Å²) in [4.78, 5) is 0. The Labute approximate surface area is 208 Å². The first-order chi connectivity index (χ1) is 15.6. The second kappa shape index (κ2) is 10.1. The van der Waals surface area contributed by atoms with E-state index in [1.165, 1.54) is 90.0 Å². The molecule has 1 nitrogen and oxygen atoms in total. The van der Waals surface area contributed by atoms with E-state index in [-0.39, 0.29) is 0 Å². The molecule has 33 heavy (non-hydrogen) atoms. The van der Waals surface area contributed by atoms with Crippen LogP contribution in [0, 0.1) is 51.8 Å². The van der Waals surface area contributed by atoms with Gasteiger partial charge in [-0.15, -0.1) is 0 Å². The highest BCUT2D eigenvalue weighted by Crippen LogP contribution is 2.71. The van der Waals surface area contributed by atoms with E-state index in [0.29, 0.717) is 16.2 Å². The van der Waals surface area contributed by atoms with E-state index in [1.807, 2.05) is 0 Å². The summed E-state index contributed by atoms with van der Waals surface area (Å²) in [5, 5.41) is 3.95. The molecule has 8 unspecified atom stereocenters. The standard InChI is InChI=1S/C32H59N/c1-8-9-21-33-25-15-20-32(7)29-17-19-31(6)27(24(4)12-10-11-23(2)3)13-14-28(31)26(29)16-18-30(32,5)22-25/h23-29,33H,8-22H2,1-7H3/t24?,25?,26?,27?,28?,29?,30-,31?,32?/m0/s1. The van der Waals surface area contributed by atoms with Gasteiger partial charge in [0.2, 0.25) is 0 Å². The number of hydrogen-bond donors (Lipinski definition) is 1. The zero-order chi connectivity index (χ0) is 23.9. The molecule has 0 spiro atoms. The smallest absolute Gasteiger partial charge is 0.00726 e. The highest BCUT2D eigenvalue weighted by molar-refractivity contribution is 5.13. The van der Waals surface area contributed by atoms with Gasteiger partial charge in [0, 0.05) is 6.04 Å². The SMILES string of the molecule is CCCCNC1CCC2(C)C3CCC4(C)C(C(C)CCCC(C)C)CCC4C3CC[C@@]2(C)C1. The van der Waals surface area contributed by atoms with Crippen molar-refractivity contribution >= 4 is 0 Å². The summed E-state index contributed by atoms with van der Waals surface area (Å²) in [5.74, 6) is 5.85. The van der Waals surface area contributed by atoms with Gasteiger partial charge in [-0.25, -0.2) is 0 Å². The summed E-state index contributed by atoms with van der Waals surface area (Å²) in [6.07, 6.45) is 20.5. The maximum atomic E-state index is 3.95. The Morgan fingerprint density at radius 3 is 2.33 bits per heavy atom. The maximum Gasteiger partial charge on any atom is 0.00726 e. The Hall–Kier alpha value is -0.0400. The van der Waals surface area contributed by atoms with Gasteiger partial charge in [-0.1, -0.05) is 74.1 Å². The van der Waals surface area contributed by atoms with Crippen molar-refractivity contribution in [3.8, 4) is 0 Å². The number of fused-ring (bicyclic) bond motifs is 5. The van der Waals surface area contributed by atoms with E-state index < -0.39 is 0 Å². The number of unbranched alkanes of at least 4 members (excludes halogenated alkanes) is 1. The number of hydrogen-bond acceptors (Lipinski definition) is 1. The normalized spacial score (nSPS) is 46.0. The molecule has 4 rings (SSSR count). The zero-order valence-corrected chi connectivity index (χ0v) is 23.6. The van der Waals surface area contributed by atoms with Crippen LogP contribution in [0.5, 0.6) is 0 Å². The van der Waals surface area contributed by atoms with E-state index in [4.69, 9.17) is 0 Å². The molecule has 1 heteroatoms. The third-order valence-corrected chi connectivity index (χ3v) is 12.5. The second-order valence-electron chi connectivity index (χ2n) is 14.7. The zero-order valence-electron chi connectivity index (χ0n) is 23.6. The van der Waals surface area contributed by atoms with Crippen LogP contribution in [0.25, 0.3) is 0 Å². The van der Waals surface area contributed by atoms with Crippen molar-refractivity contribution in [3.05, 3.63) is 0 Å². The van der Waals surface area contributed by atoms with Gasteiger partial charge in [-0.05, 0) is 123 Å². The van der Waals surface area contributed by atoms with Crippen LogP contribution >= 0.6 is 0 Å². The molecule has 4 aliphatic rings. The second-order valence-corrected chi connectivity index (χ2v) is 14.7. The quantitative estimate of drug-likeness (QED) is 0.340. The van der Waals surface area contributed by atoms with Crippen LogP contribution in [-0.4, -0.2) is 12.6 Å². The van der Waals surface area contributed by atoms with Crippen LogP contribution in [0.3, 0.4) is 0 Å². The largest absolute Gasteiger partial charge is 0.314 e. The van der Waals surface area contributed by atoms with Gasteiger partial charge in [-0.3, -0.25) is 0 Å². The molecule has 9 atom stereocenters. The molecule has 0 saturated heterocycles. The van der Waals surface area contributed by atoms with Crippen LogP contribution < -0.4 is 5.32 Å². The van der Waals surface area contributed by atoms with Crippen LogP contribution in [0.2, 0.25) is 0 Å². The average molecular weight is 458 g/mol. The van der Waals surface area contributed by atoms with Gasteiger partial charge in [-0.2, -0.15) is 0 Å². The molecule has 4 aliphatic carbocycles. The van der Waals surface area contributed by atoms with Crippen LogP contribution in [0.1, 0.15) is 138 Å². The fourth-order valence-electron chi connectivity index (χ4n) is 10.3. The summed E-state index contributed by atoms with van der Waals surface area (Å²) in [5.41, 5.74) is 1.79. The predicted octanol–water partition coefficient (Wildman–Crippen LogP) is 9.26. The summed E-state index contributed by atoms with van der Waals surface area (Å²) < 4.78 is 0. The molecule has 0 aliphatic heterocycles. The van der Waals surface area contributed by atoms with Crippen molar-refractivity contribution in [3.63, 3.8) is 0 Å². The van der Waals surface area contributed by atoms with Gasteiger partial charge in [0.15, 0.2) is 0 Å². The van der Waals surface area contributed by atoms with Crippen molar-refractivity contribution in [1.29, 1.82) is 0 Å². The van der Waals surface area contributed by atoms with Gasteiger partial charge < -0.3 is 5.32 Å². The lowest BCUT2D eigenvalue weighted by Crippen LogP contribution is -2.59. The number of rotatable bonds is 9. The first kappa shape index (κ1) is 26.0. The predicted molar refractivity (Wildman–Crippen MR) is 144 cm³/mol. The van der Waals surface area contributed by atoms with Gasteiger partial charge >= 0.3 is 0 Å². The molecule has 0 radical (unpaired) electrons. The highest BCUT2D eigenvalue weighted by Gasteiger charge is 2.63. The van der Waals surface area contributed by atoms with Crippen molar-refractivity contribution in [1.82, 2.24) is 5.32 Å². The van der Waals surface area contributed by atoms with Crippen molar-refractivity contribution in [2.75, 3.05) is 6.54 Å². The van der Waals surface area contributed by atoms with Crippen molar-refractivity contribution in [2.24, 2.45) is 51.8 Å². The number of nitrogens with one attached hydrogen (secondary N) is 1. The highest BCUT2D eigenvalue weighted by atomic mass is 14.9. The van der Waals surface area contributed by atoms with E-state index in [9.17, 15) is 0 Å². The molecule has 4 saturated carbocycles. The van der Waals surface area contributed by atoms with Gasteiger partial charge in [0.1, 0.15) is 0 Å².